The smallest absolute Gasteiger partial charge is 0.240 e. The molecule has 118 valence electrons. The van der Waals surface area contributed by atoms with Crippen LogP contribution in [0.25, 0.3) is 0 Å². The number of nitrogens with two attached hydrogens (primary N) is 1. The highest BCUT2D eigenvalue weighted by Gasteiger charge is 2.31. The van der Waals surface area contributed by atoms with Crippen LogP contribution in [0.2, 0.25) is 0 Å². The first kappa shape index (κ1) is 16.2. The molecule has 0 radical (unpaired) electrons. The maximum Gasteiger partial charge on any atom is 0.240 e. The molecule has 0 amide bonds. The van der Waals surface area contributed by atoms with Gasteiger partial charge in [0.15, 0.2) is 0 Å². The number of benzene rings is 1. The molecule has 1 aliphatic heterocycles. The van der Waals surface area contributed by atoms with Crippen LogP contribution >= 0.6 is 0 Å². The van der Waals surface area contributed by atoms with Gasteiger partial charge in [-0.25, -0.2) is 17.5 Å². The number of nitrogen functional groups attached to an aromatic ring is 1. The zero-order chi connectivity index (χ0) is 15.8. The number of ether oxygens (including phenoxy) is 1. The zero-order valence-corrected chi connectivity index (χ0v) is 13.3. The molecule has 1 unspecified atom stereocenters. The van der Waals surface area contributed by atoms with Gasteiger partial charge < -0.3 is 10.5 Å². The van der Waals surface area contributed by atoms with Gasteiger partial charge in [-0.15, -0.1) is 0 Å². The maximum atomic E-state index is 13.5. The van der Waals surface area contributed by atoms with E-state index >= 15 is 0 Å². The monoisotopic (exact) mass is 316 g/mol. The van der Waals surface area contributed by atoms with Crippen LogP contribution < -0.4 is 10.5 Å². The van der Waals surface area contributed by atoms with Crippen LogP contribution in [0.3, 0.4) is 0 Å². The summed E-state index contributed by atoms with van der Waals surface area (Å²) in [4.78, 5) is -0.0109. The molecule has 1 heterocycles. The number of hydrogen-bond acceptors (Lipinski definition) is 4. The lowest BCUT2D eigenvalue weighted by atomic mass is 9.95. The Balaban J connectivity index is 2.23. The number of aryl methyl sites for hydroxylation is 1. The average Bonchev–Trinajstić information content (AvgIpc) is 2.33. The van der Waals surface area contributed by atoms with E-state index in [-0.39, 0.29) is 27.8 Å². The Labute approximate surface area is 124 Å². The lowest BCUT2D eigenvalue weighted by Gasteiger charge is -2.35. The fourth-order valence-electron chi connectivity index (χ4n) is 2.54. The third-order valence-electron chi connectivity index (χ3n) is 3.59. The molecule has 0 aromatic heterocycles. The van der Waals surface area contributed by atoms with Crippen molar-refractivity contribution in [1.29, 1.82) is 0 Å². The van der Waals surface area contributed by atoms with Crippen molar-refractivity contribution >= 4 is 15.7 Å². The summed E-state index contributed by atoms with van der Waals surface area (Å²) in [7, 11) is -3.72. The van der Waals surface area contributed by atoms with Crippen LogP contribution in [-0.4, -0.2) is 26.7 Å². The number of nitrogens with one attached hydrogen (secondary N) is 1. The molecule has 1 aromatic rings. The summed E-state index contributed by atoms with van der Waals surface area (Å²) in [6.07, 6.45) is 1.19. The number of rotatable bonds is 3. The average molecular weight is 316 g/mol. The number of halogens is 1. The topological polar surface area (TPSA) is 81.4 Å². The molecule has 0 aliphatic carbocycles. The van der Waals surface area contributed by atoms with E-state index in [1.807, 2.05) is 13.8 Å². The third-order valence-corrected chi connectivity index (χ3v) is 5.09. The van der Waals surface area contributed by atoms with Crippen LogP contribution in [-0.2, 0) is 14.8 Å². The molecule has 2 rings (SSSR count). The van der Waals surface area contributed by atoms with Crippen molar-refractivity contribution in [1.82, 2.24) is 4.72 Å². The van der Waals surface area contributed by atoms with Gasteiger partial charge in [0.1, 0.15) is 5.82 Å². The lowest BCUT2D eigenvalue weighted by molar-refractivity contribution is -0.0599. The molecule has 0 bridgehead atoms. The molecular formula is C14H21FN2O3S. The fourth-order valence-corrected chi connectivity index (χ4v) is 3.93. The highest BCUT2D eigenvalue weighted by atomic mass is 32.2. The van der Waals surface area contributed by atoms with Crippen molar-refractivity contribution in [3.63, 3.8) is 0 Å². The highest BCUT2D eigenvalue weighted by molar-refractivity contribution is 7.89. The van der Waals surface area contributed by atoms with Crippen molar-refractivity contribution in [3.05, 3.63) is 23.5 Å². The van der Waals surface area contributed by atoms with Crippen LogP contribution in [0.15, 0.2) is 17.0 Å². The summed E-state index contributed by atoms with van der Waals surface area (Å²) in [5.74, 6) is -0.582. The van der Waals surface area contributed by atoms with Gasteiger partial charge in [0.25, 0.3) is 0 Å². The van der Waals surface area contributed by atoms with Gasteiger partial charge in [-0.1, -0.05) is 0 Å². The minimum atomic E-state index is -3.72. The summed E-state index contributed by atoms with van der Waals surface area (Å²) in [6, 6.07) is 2.23. The van der Waals surface area contributed by atoms with Gasteiger partial charge in [0.05, 0.1) is 16.2 Å². The first-order valence-corrected chi connectivity index (χ1v) is 8.31. The van der Waals surface area contributed by atoms with Gasteiger partial charge in [-0.2, -0.15) is 0 Å². The molecule has 1 atom stereocenters. The van der Waals surface area contributed by atoms with E-state index in [2.05, 4.69) is 4.72 Å². The van der Waals surface area contributed by atoms with Gasteiger partial charge in [0.2, 0.25) is 10.0 Å². The molecule has 1 aliphatic rings. The van der Waals surface area contributed by atoms with Crippen LogP contribution in [0.4, 0.5) is 10.1 Å². The highest BCUT2D eigenvalue weighted by Crippen LogP contribution is 2.26. The second kappa shape index (κ2) is 5.55. The normalized spacial score (nSPS) is 22.2. The number of sulfonamides is 1. The number of anilines is 1. The predicted octanol–water partition coefficient (Wildman–Crippen LogP) is 1.95. The summed E-state index contributed by atoms with van der Waals surface area (Å²) in [6.45, 7) is 5.84. The van der Waals surface area contributed by atoms with E-state index in [1.165, 1.54) is 13.0 Å². The molecule has 1 saturated heterocycles. The summed E-state index contributed by atoms with van der Waals surface area (Å²) in [5.41, 5.74) is 5.20. The first-order valence-electron chi connectivity index (χ1n) is 6.83. The Morgan fingerprint density at radius 1 is 1.43 bits per heavy atom. The Kier molecular flexibility index (Phi) is 4.28. The molecule has 0 spiro atoms. The van der Waals surface area contributed by atoms with Gasteiger partial charge in [-0.3, -0.25) is 0 Å². The van der Waals surface area contributed by atoms with Gasteiger partial charge >= 0.3 is 0 Å². The van der Waals surface area contributed by atoms with E-state index in [0.717, 1.165) is 6.07 Å². The minimum absolute atomic E-state index is 0.0109. The third kappa shape index (κ3) is 3.72. The minimum Gasteiger partial charge on any atom is -0.396 e. The quantitative estimate of drug-likeness (QED) is 0.835. The van der Waals surface area contributed by atoms with Crippen LogP contribution in [0.1, 0.15) is 32.3 Å². The van der Waals surface area contributed by atoms with E-state index in [1.54, 1.807) is 0 Å². The van der Waals surface area contributed by atoms with Crippen molar-refractivity contribution in [2.24, 2.45) is 0 Å². The molecule has 1 aromatic carbocycles. The van der Waals surface area contributed by atoms with Crippen molar-refractivity contribution in [2.75, 3.05) is 12.3 Å². The Hall–Kier alpha value is -1.18. The van der Waals surface area contributed by atoms with Crippen molar-refractivity contribution in [3.8, 4) is 0 Å². The molecule has 1 fully saturated rings. The second-order valence-corrected chi connectivity index (χ2v) is 7.78. The zero-order valence-electron chi connectivity index (χ0n) is 12.4. The van der Waals surface area contributed by atoms with Crippen LogP contribution in [0, 0.1) is 12.7 Å². The molecule has 21 heavy (non-hydrogen) atoms. The van der Waals surface area contributed by atoms with Crippen LogP contribution in [0.5, 0.6) is 0 Å². The largest absolute Gasteiger partial charge is 0.396 e. The van der Waals surface area contributed by atoms with E-state index in [4.69, 9.17) is 10.5 Å². The molecule has 7 heteroatoms. The van der Waals surface area contributed by atoms with Gasteiger partial charge in [0, 0.05) is 12.6 Å². The first-order chi connectivity index (χ1) is 9.61. The number of hydrogen-bond donors (Lipinski definition) is 2. The Morgan fingerprint density at radius 2 is 2.10 bits per heavy atom. The second-order valence-electron chi connectivity index (χ2n) is 6.06. The standard InChI is InChI=1S/C14H21FN2O3S/c1-9-6-11(7-12(16)13(9)15)21(18,19)17-10-4-5-20-14(2,3)8-10/h6-7,10,17H,4-5,8,16H2,1-3H3. The predicted molar refractivity (Wildman–Crippen MR) is 78.9 cm³/mol. The summed E-state index contributed by atoms with van der Waals surface area (Å²) >= 11 is 0. The van der Waals surface area contributed by atoms with Crippen molar-refractivity contribution < 1.29 is 17.5 Å². The SMILES string of the molecule is Cc1cc(S(=O)(=O)NC2CCOC(C)(C)C2)cc(N)c1F. The van der Waals surface area contributed by atoms with Gasteiger partial charge in [-0.05, 0) is 51.3 Å². The van der Waals surface area contributed by atoms with Crippen molar-refractivity contribution in [2.45, 2.75) is 50.2 Å². The maximum absolute atomic E-state index is 13.5. The lowest BCUT2D eigenvalue weighted by Crippen LogP contribution is -2.45. The Bertz CT molecular complexity index is 621. The molecule has 0 saturated carbocycles. The summed E-state index contributed by atoms with van der Waals surface area (Å²) < 4.78 is 46.5. The molecule has 5 nitrogen and oxygen atoms in total. The van der Waals surface area contributed by atoms with E-state index in [9.17, 15) is 12.8 Å². The Morgan fingerprint density at radius 3 is 2.67 bits per heavy atom. The van der Waals surface area contributed by atoms with E-state index in [0.29, 0.717) is 19.4 Å². The fraction of sp³-hybridized carbons (Fsp3) is 0.571. The van der Waals surface area contributed by atoms with E-state index < -0.39 is 15.8 Å². The molecular weight excluding hydrogens is 295 g/mol. The summed E-state index contributed by atoms with van der Waals surface area (Å²) in [5, 5.41) is 0. The molecule has 3 N–H and O–H groups in total.